The van der Waals surface area contributed by atoms with Crippen molar-refractivity contribution in [3.63, 3.8) is 0 Å². The van der Waals surface area contributed by atoms with Gasteiger partial charge in [0.2, 0.25) is 0 Å². The SMILES string of the molecule is CCCNCc1ccc(OCCCCO)c([N+](=O)[O-])c1. The van der Waals surface area contributed by atoms with Gasteiger partial charge in [0, 0.05) is 19.2 Å². The van der Waals surface area contributed by atoms with E-state index in [1.165, 1.54) is 0 Å². The second-order valence-corrected chi connectivity index (χ2v) is 4.52. The fraction of sp³-hybridized carbons (Fsp3) is 0.571. The largest absolute Gasteiger partial charge is 0.487 e. The number of nitrogens with zero attached hydrogens (tertiary/aromatic N) is 1. The number of rotatable bonds is 10. The molecule has 112 valence electrons. The molecule has 6 heteroatoms. The molecule has 0 unspecified atom stereocenters. The van der Waals surface area contributed by atoms with E-state index in [2.05, 4.69) is 12.2 Å². The van der Waals surface area contributed by atoms with Gasteiger partial charge in [-0.2, -0.15) is 0 Å². The summed E-state index contributed by atoms with van der Waals surface area (Å²) in [6.45, 7) is 4.04. The van der Waals surface area contributed by atoms with Crippen LogP contribution >= 0.6 is 0 Å². The first-order valence-electron chi connectivity index (χ1n) is 6.90. The van der Waals surface area contributed by atoms with Crippen LogP contribution < -0.4 is 10.1 Å². The number of nitro groups is 1. The van der Waals surface area contributed by atoms with E-state index in [1.807, 2.05) is 6.07 Å². The van der Waals surface area contributed by atoms with Gasteiger partial charge in [0.05, 0.1) is 11.5 Å². The summed E-state index contributed by atoms with van der Waals surface area (Å²) in [4.78, 5) is 10.6. The fourth-order valence-electron chi connectivity index (χ4n) is 1.74. The van der Waals surface area contributed by atoms with Crippen molar-refractivity contribution in [1.82, 2.24) is 5.32 Å². The Hall–Kier alpha value is -1.66. The normalized spacial score (nSPS) is 10.5. The van der Waals surface area contributed by atoms with Crippen LogP contribution in [0.25, 0.3) is 0 Å². The van der Waals surface area contributed by atoms with E-state index in [1.54, 1.807) is 12.1 Å². The zero-order chi connectivity index (χ0) is 14.8. The number of unbranched alkanes of at least 4 members (excludes halogenated alkanes) is 1. The molecule has 0 saturated carbocycles. The summed E-state index contributed by atoms with van der Waals surface area (Å²) in [5.74, 6) is 0.284. The van der Waals surface area contributed by atoms with Gasteiger partial charge < -0.3 is 15.2 Å². The summed E-state index contributed by atoms with van der Waals surface area (Å²) in [5, 5.41) is 22.9. The van der Waals surface area contributed by atoms with Crippen LogP contribution in [-0.4, -0.2) is 29.8 Å². The average molecular weight is 282 g/mol. The van der Waals surface area contributed by atoms with E-state index in [0.717, 1.165) is 18.5 Å². The van der Waals surface area contributed by atoms with Crippen LogP contribution in [-0.2, 0) is 6.54 Å². The molecule has 1 aromatic rings. The van der Waals surface area contributed by atoms with Gasteiger partial charge in [0.25, 0.3) is 0 Å². The van der Waals surface area contributed by atoms with Gasteiger partial charge in [-0.3, -0.25) is 10.1 Å². The van der Waals surface area contributed by atoms with E-state index >= 15 is 0 Å². The monoisotopic (exact) mass is 282 g/mol. The van der Waals surface area contributed by atoms with Gasteiger partial charge in [-0.1, -0.05) is 13.0 Å². The molecule has 0 fully saturated rings. The summed E-state index contributed by atoms with van der Waals surface area (Å²) in [6, 6.07) is 5.01. The molecule has 1 rings (SSSR count). The maximum absolute atomic E-state index is 11.1. The molecule has 0 saturated heterocycles. The summed E-state index contributed by atoms with van der Waals surface area (Å²) >= 11 is 0. The molecule has 0 bridgehead atoms. The Morgan fingerprint density at radius 3 is 2.85 bits per heavy atom. The second kappa shape index (κ2) is 9.28. The molecule has 0 radical (unpaired) electrons. The number of aliphatic hydroxyl groups excluding tert-OH is 1. The molecule has 0 spiro atoms. The zero-order valence-electron chi connectivity index (χ0n) is 11.8. The van der Waals surface area contributed by atoms with Gasteiger partial charge in [0.15, 0.2) is 5.75 Å². The molecule has 0 aromatic heterocycles. The zero-order valence-corrected chi connectivity index (χ0v) is 11.8. The third-order valence-corrected chi connectivity index (χ3v) is 2.79. The Morgan fingerprint density at radius 1 is 1.40 bits per heavy atom. The molecule has 20 heavy (non-hydrogen) atoms. The summed E-state index contributed by atoms with van der Waals surface area (Å²) in [6.07, 6.45) is 2.33. The van der Waals surface area contributed by atoms with Crippen LogP contribution in [0, 0.1) is 10.1 Å². The summed E-state index contributed by atoms with van der Waals surface area (Å²) in [5.41, 5.74) is 0.859. The van der Waals surface area contributed by atoms with E-state index in [4.69, 9.17) is 9.84 Å². The molecular formula is C14H22N2O4. The average Bonchev–Trinajstić information content (AvgIpc) is 2.44. The lowest BCUT2D eigenvalue weighted by Crippen LogP contribution is -2.14. The molecule has 1 aromatic carbocycles. The van der Waals surface area contributed by atoms with Crippen LogP contribution in [0.2, 0.25) is 0 Å². The Kier molecular flexibility index (Phi) is 7.60. The third kappa shape index (κ3) is 5.54. The quantitative estimate of drug-likeness (QED) is 0.390. The molecule has 2 N–H and O–H groups in total. The Bertz CT molecular complexity index is 424. The lowest BCUT2D eigenvalue weighted by atomic mass is 10.2. The molecule has 0 amide bonds. The fourth-order valence-corrected chi connectivity index (χ4v) is 1.74. The maximum atomic E-state index is 11.1. The topological polar surface area (TPSA) is 84.6 Å². The highest BCUT2D eigenvalue weighted by molar-refractivity contribution is 5.48. The Morgan fingerprint density at radius 2 is 2.20 bits per heavy atom. The first kappa shape index (κ1) is 16.4. The minimum Gasteiger partial charge on any atom is -0.487 e. The molecule has 0 aliphatic carbocycles. The molecule has 0 aliphatic heterocycles. The molecule has 0 aliphatic rings. The smallest absolute Gasteiger partial charge is 0.311 e. The van der Waals surface area contributed by atoms with Crippen molar-refractivity contribution in [1.29, 1.82) is 0 Å². The maximum Gasteiger partial charge on any atom is 0.311 e. The Labute approximate surface area is 118 Å². The number of nitrogens with one attached hydrogen (secondary N) is 1. The number of ether oxygens (including phenoxy) is 1. The predicted octanol–water partition coefficient (Wildman–Crippen LogP) is 2.25. The van der Waals surface area contributed by atoms with Crippen molar-refractivity contribution in [2.24, 2.45) is 0 Å². The van der Waals surface area contributed by atoms with Crippen LogP contribution in [0.1, 0.15) is 31.7 Å². The highest BCUT2D eigenvalue weighted by Crippen LogP contribution is 2.28. The van der Waals surface area contributed by atoms with Crippen molar-refractivity contribution < 1.29 is 14.8 Å². The number of hydrogen-bond donors (Lipinski definition) is 2. The van der Waals surface area contributed by atoms with Gasteiger partial charge in [-0.15, -0.1) is 0 Å². The van der Waals surface area contributed by atoms with Gasteiger partial charge in [-0.25, -0.2) is 0 Å². The predicted molar refractivity (Wildman–Crippen MR) is 76.9 cm³/mol. The summed E-state index contributed by atoms with van der Waals surface area (Å²) < 4.78 is 5.41. The number of benzene rings is 1. The van der Waals surface area contributed by atoms with E-state index in [-0.39, 0.29) is 18.0 Å². The first-order chi connectivity index (χ1) is 9.69. The molecular weight excluding hydrogens is 260 g/mol. The number of aliphatic hydroxyl groups is 1. The number of nitro benzene ring substituents is 1. The van der Waals surface area contributed by atoms with Crippen molar-refractivity contribution in [3.05, 3.63) is 33.9 Å². The first-order valence-corrected chi connectivity index (χ1v) is 6.90. The van der Waals surface area contributed by atoms with Crippen LogP contribution in [0.15, 0.2) is 18.2 Å². The molecule has 0 heterocycles. The lowest BCUT2D eigenvalue weighted by molar-refractivity contribution is -0.385. The minimum atomic E-state index is -0.426. The van der Waals surface area contributed by atoms with Crippen molar-refractivity contribution in [2.45, 2.75) is 32.7 Å². The highest BCUT2D eigenvalue weighted by Gasteiger charge is 2.15. The highest BCUT2D eigenvalue weighted by atomic mass is 16.6. The van der Waals surface area contributed by atoms with Gasteiger partial charge in [0.1, 0.15) is 0 Å². The van der Waals surface area contributed by atoms with E-state index in [0.29, 0.717) is 26.0 Å². The lowest BCUT2D eigenvalue weighted by Gasteiger charge is -2.08. The van der Waals surface area contributed by atoms with Crippen molar-refractivity contribution in [3.8, 4) is 5.75 Å². The van der Waals surface area contributed by atoms with Crippen LogP contribution in [0.4, 0.5) is 5.69 Å². The van der Waals surface area contributed by atoms with E-state index < -0.39 is 4.92 Å². The molecule has 0 atom stereocenters. The third-order valence-electron chi connectivity index (χ3n) is 2.79. The van der Waals surface area contributed by atoms with Crippen LogP contribution in [0.5, 0.6) is 5.75 Å². The van der Waals surface area contributed by atoms with Gasteiger partial charge in [-0.05, 0) is 37.4 Å². The van der Waals surface area contributed by atoms with E-state index in [9.17, 15) is 10.1 Å². The number of hydrogen-bond acceptors (Lipinski definition) is 5. The Balaban J connectivity index is 2.67. The van der Waals surface area contributed by atoms with Crippen molar-refractivity contribution in [2.75, 3.05) is 19.8 Å². The summed E-state index contributed by atoms with van der Waals surface area (Å²) in [7, 11) is 0. The second-order valence-electron chi connectivity index (χ2n) is 4.52. The standard InChI is InChI=1S/C14H22N2O4/c1-2-7-15-11-12-5-6-14(13(10-12)16(18)19)20-9-4-3-8-17/h5-6,10,15,17H,2-4,7-9,11H2,1H3. The van der Waals surface area contributed by atoms with Gasteiger partial charge >= 0.3 is 5.69 Å². The van der Waals surface area contributed by atoms with Crippen LogP contribution in [0.3, 0.4) is 0 Å². The van der Waals surface area contributed by atoms with Crippen molar-refractivity contribution >= 4 is 5.69 Å². The minimum absolute atomic E-state index is 0.00945. The molecule has 6 nitrogen and oxygen atoms in total.